The number of nitrogens with two attached hydrogens (primary N) is 1. The predicted octanol–water partition coefficient (Wildman–Crippen LogP) is 2.25. The third kappa shape index (κ3) is 4.06. The number of carbonyl (C=O) groups is 1. The Kier molecular flexibility index (Phi) is 4.97. The first-order valence-corrected chi connectivity index (χ1v) is 7.26. The first kappa shape index (κ1) is 14.1. The van der Waals surface area contributed by atoms with Crippen molar-refractivity contribution >= 4 is 5.91 Å². The van der Waals surface area contributed by atoms with E-state index in [1.54, 1.807) is 0 Å². The van der Waals surface area contributed by atoms with Crippen LogP contribution in [0, 0.1) is 5.92 Å². The van der Waals surface area contributed by atoms with Gasteiger partial charge in [-0.2, -0.15) is 0 Å². The summed E-state index contributed by atoms with van der Waals surface area (Å²) in [5.41, 5.74) is 7.09. The fraction of sp³-hybridized carbons (Fsp3) is 0.562. The second-order valence-corrected chi connectivity index (χ2v) is 5.64. The number of hydrogen-bond donors (Lipinski definition) is 2. The molecule has 1 aromatic carbocycles. The Bertz CT molecular complexity index is 398. The van der Waals surface area contributed by atoms with Gasteiger partial charge in [0, 0.05) is 6.04 Å². The molecular formula is C16H24N2O. The van der Waals surface area contributed by atoms with E-state index < -0.39 is 6.04 Å². The molecule has 0 heterocycles. The van der Waals surface area contributed by atoms with Gasteiger partial charge >= 0.3 is 0 Å². The Labute approximate surface area is 115 Å². The quantitative estimate of drug-likeness (QED) is 0.853. The zero-order chi connectivity index (χ0) is 13.7. The van der Waals surface area contributed by atoms with E-state index in [0.717, 1.165) is 5.56 Å². The van der Waals surface area contributed by atoms with Crippen LogP contribution in [0.1, 0.15) is 38.2 Å². The van der Waals surface area contributed by atoms with E-state index in [1.165, 1.54) is 25.7 Å². The van der Waals surface area contributed by atoms with Crippen LogP contribution < -0.4 is 11.1 Å². The lowest BCUT2D eigenvalue weighted by molar-refractivity contribution is -0.123. The Balaban J connectivity index is 1.82. The van der Waals surface area contributed by atoms with Crippen LogP contribution in [-0.4, -0.2) is 18.0 Å². The molecule has 2 atom stereocenters. The van der Waals surface area contributed by atoms with Gasteiger partial charge in [0.25, 0.3) is 0 Å². The molecule has 1 aromatic rings. The molecular weight excluding hydrogens is 236 g/mol. The molecule has 1 saturated carbocycles. The summed E-state index contributed by atoms with van der Waals surface area (Å²) in [5, 5.41) is 3.08. The minimum absolute atomic E-state index is 0.0248. The van der Waals surface area contributed by atoms with Gasteiger partial charge in [0.1, 0.15) is 0 Å². The van der Waals surface area contributed by atoms with Crippen molar-refractivity contribution in [1.29, 1.82) is 0 Å². The van der Waals surface area contributed by atoms with Crippen LogP contribution in [0.4, 0.5) is 0 Å². The minimum Gasteiger partial charge on any atom is -0.352 e. The highest BCUT2D eigenvalue weighted by atomic mass is 16.2. The summed E-state index contributed by atoms with van der Waals surface area (Å²) in [7, 11) is 0. The predicted molar refractivity (Wildman–Crippen MR) is 77.7 cm³/mol. The van der Waals surface area contributed by atoms with Crippen molar-refractivity contribution < 1.29 is 4.79 Å². The van der Waals surface area contributed by atoms with E-state index in [0.29, 0.717) is 12.3 Å². The molecule has 3 nitrogen and oxygen atoms in total. The van der Waals surface area contributed by atoms with Gasteiger partial charge in [-0.15, -0.1) is 0 Å². The summed E-state index contributed by atoms with van der Waals surface area (Å²) in [5.74, 6) is 0.608. The van der Waals surface area contributed by atoms with Crippen molar-refractivity contribution in [3.05, 3.63) is 35.9 Å². The van der Waals surface area contributed by atoms with Crippen LogP contribution in [0.25, 0.3) is 0 Å². The van der Waals surface area contributed by atoms with Crippen molar-refractivity contribution in [2.75, 3.05) is 0 Å². The summed E-state index contributed by atoms with van der Waals surface area (Å²) in [4.78, 5) is 12.1. The zero-order valence-electron chi connectivity index (χ0n) is 11.6. The van der Waals surface area contributed by atoms with E-state index in [4.69, 9.17) is 5.73 Å². The van der Waals surface area contributed by atoms with Crippen LogP contribution in [-0.2, 0) is 11.2 Å². The lowest BCUT2D eigenvalue weighted by atomic mass is 9.99. The standard InChI is InChI=1S/C16H24N2O/c1-12(14-9-5-6-10-14)18-16(19)15(17)11-13-7-3-2-4-8-13/h2-4,7-8,12,14-15H,5-6,9-11,17H2,1H3,(H,18,19)/t12-,15-/m1/s1. The third-order valence-corrected chi connectivity index (χ3v) is 4.11. The Morgan fingerprint density at radius 2 is 1.95 bits per heavy atom. The van der Waals surface area contributed by atoms with Crippen molar-refractivity contribution in [3.8, 4) is 0 Å². The Morgan fingerprint density at radius 1 is 1.32 bits per heavy atom. The fourth-order valence-electron chi connectivity index (χ4n) is 2.87. The molecule has 0 aliphatic heterocycles. The molecule has 0 aromatic heterocycles. The topological polar surface area (TPSA) is 55.1 Å². The van der Waals surface area contributed by atoms with Gasteiger partial charge in [0.15, 0.2) is 0 Å². The van der Waals surface area contributed by atoms with Crippen LogP contribution in [0.3, 0.4) is 0 Å². The molecule has 2 rings (SSSR count). The monoisotopic (exact) mass is 260 g/mol. The third-order valence-electron chi connectivity index (χ3n) is 4.11. The van der Waals surface area contributed by atoms with Gasteiger partial charge < -0.3 is 11.1 Å². The second kappa shape index (κ2) is 6.71. The highest BCUT2D eigenvalue weighted by Gasteiger charge is 2.24. The van der Waals surface area contributed by atoms with Crippen LogP contribution in [0.2, 0.25) is 0 Å². The van der Waals surface area contributed by atoms with Gasteiger partial charge in [-0.1, -0.05) is 43.2 Å². The molecule has 104 valence electrons. The minimum atomic E-state index is -0.453. The largest absolute Gasteiger partial charge is 0.352 e. The maximum absolute atomic E-state index is 12.1. The summed E-state index contributed by atoms with van der Waals surface area (Å²) in [6, 6.07) is 9.73. The van der Waals surface area contributed by atoms with Crippen molar-refractivity contribution in [2.24, 2.45) is 11.7 Å². The molecule has 19 heavy (non-hydrogen) atoms. The zero-order valence-corrected chi connectivity index (χ0v) is 11.6. The molecule has 1 aliphatic carbocycles. The Morgan fingerprint density at radius 3 is 2.58 bits per heavy atom. The van der Waals surface area contributed by atoms with E-state index in [-0.39, 0.29) is 11.9 Å². The molecule has 1 aliphatic rings. The number of amides is 1. The summed E-state index contributed by atoms with van der Waals surface area (Å²) >= 11 is 0. The van der Waals surface area contributed by atoms with Gasteiger partial charge in [0.05, 0.1) is 6.04 Å². The van der Waals surface area contributed by atoms with Crippen molar-refractivity contribution in [2.45, 2.75) is 51.1 Å². The molecule has 0 spiro atoms. The highest BCUT2D eigenvalue weighted by Crippen LogP contribution is 2.27. The summed E-state index contributed by atoms with van der Waals surface area (Å²) < 4.78 is 0. The number of nitrogens with one attached hydrogen (secondary N) is 1. The van der Waals surface area contributed by atoms with Crippen LogP contribution in [0.15, 0.2) is 30.3 Å². The first-order chi connectivity index (χ1) is 9.16. The van der Waals surface area contributed by atoms with Gasteiger partial charge in [0.2, 0.25) is 5.91 Å². The normalized spacial score (nSPS) is 19.1. The molecule has 1 fully saturated rings. The first-order valence-electron chi connectivity index (χ1n) is 7.26. The van der Waals surface area contributed by atoms with Gasteiger partial charge in [-0.05, 0) is 37.7 Å². The van der Waals surface area contributed by atoms with Crippen molar-refractivity contribution in [1.82, 2.24) is 5.32 Å². The number of benzene rings is 1. The molecule has 0 unspecified atom stereocenters. The van der Waals surface area contributed by atoms with E-state index in [9.17, 15) is 4.79 Å². The van der Waals surface area contributed by atoms with Gasteiger partial charge in [-0.3, -0.25) is 4.79 Å². The van der Waals surface area contributed by atoms with E-state index in [2.05, 4.69) is 12.2 Å². The van der Waals surface area contributed by atoms with Crippen LogP contribution in [0.5, 0.6) is 0 Å². The SMILES string of the molecule is C[C@@H](NC(=O)[C@H](N)Cc1ccccc1)C1CCCC1. The maximum Gasteiger partial charge on any atom is 0.237 e. The summed E-state index contributed by atoms with van der Waals surface area (Å²) in [6.07, 6.45) is 5.65. The average molecular weight is 260 g/mol. The highest BCUT2D eigenvalue weighted by molar-refractivity contribution is 5.82. The van der Waals surface area contributed by atoms with Crippen molar-refractivity contribution in [3.63, 3.8) is 0 Å². The molecule has 3 N–H and O–H groups in total. The van der Waals surface area contributed by atoms with Gasteiger partial charge in [-0.25, -0.2) is 0 Å². The molecule has 3 heteroatoms. The Hall–Kier alpha value is -1.35. The number of rotatable bonds is 5. The van der Waals surface area contributed by atoms with E-state index >= 15 is 0 Å². The molecule has 0 bridgehead atoms. The number of carbonyl (C=O) groups excluding carboxylic acids is 1. The summed E-state index contributed by atoms with van der Waals surface area (Å²) in [6.45, 7) is 2.10. The van der Waals surface area contributed by atoms with E-state index in [1.807, 2.05) is 30.3 Å². The lowest BCUT2D eigenvalue weighted by Crippen LogP contribution is -2.47. The molecule has 0 saturated heterocycles. The molecule has 1 amide bonds. The second-order valence-electron chi connectivity index (χ2n) is 5.64. The smallest absolute Gasteiger partial charge is 0.237 e. The number of hydrogen-bond acceptors (Lipinski definition) is 2. The molecule has 0 radical (unpaired) electrons. The maximum atomic E-state index is 12.1. The lowest BCUT2D eigenvalue weighted by Gasteiger charge is -2.22. The average Bonchev–Trinajstić information content (AvgIpc) is 2.93. The fourth-order valence-corrected chi connectivity index (χ4v) is 2.87. The van der Waals surface area contributed by atoms with Crippen LogP contribution >= 0.6 is 0 Å².